The van der Waals surface area contributed by atoms with Gasteiger partial charge >= 0.3 is 0 Å². The Labute approximate surface area is 184 Å². The number of carbonyl (C=O) groups is 2. The molecule has 1 N–H and O–H groups in total. The molecule has 0 aliphatic carbocycles. The van der Waals surface area contributed by atoms with Crippen LogP contribution in [0.1, 0.15) is 44.1 Å². The van der Waals surface area contributed by atoms with Crippen LogP contribution in [0.5, 0.6) is 0 Å². The number of carbonyl (C=O) groups excluding carboxylic acids is 2. The fourth-order valence-electron chi connectivity index (χ4n) is 3.22. The summed E-state index contributed by atoms with van der Waals surface area (Å²) >= 11 is 0. The Hall–Kier alpha value is -3.41. The molecule has 0 spiro atoms. The second-order valence-electron chi connectivity index (χ2n) is 8.10. The number of allylic oxidation sites excluding steroid dienone is 1. The summed E-state index contributed by atoms with van der Waals surface area (Å²) in [7, 11) is 1.56. The number of aromatic nitrogens is 2. The van der Waals surface area contributed by atoms with Crippen molar-refractivity contribution < 1.29 is 9.59 Å². The summed E-state index contributed by atoms with van der Waals surface area (Å²) in [6.07, 6.45) is 6.76. The Kier molecular flexibility index (Phi) is 7.75. The van der Waals surface area contributed by atoms with Gasteiger partial charge in [-0.05, 0) is 56.9 Å². The first-order valence-corrected chi connectivity index (χ1v) is 10.1. The highest BCUT2D eigenvalue weighted by Gasteiger charge is 2.31. The van der Waals surface area contributed by atoms with Gasteiger partial charge in [0.25, 0.3) is 0 Å². The van der Waals surface area contributed by atoms with Crippen molar-refractivity contribution in [3.05, 3.63) is 71.5 Å². The number of hydrogen-bond acceptors (Lipinski definition) is 5. The van der Waals surface area contributed by atoms with Crippen molar-refractivity contribution in [3.8, 4) is 11.1 Å². The van der Waals surface area contributed by atoms with Crippen LogP contribution in [0.4, 0.5) is 0 Å². The number of benzene rings is 1. The predicted octanol–water partition coefficient (Wildman–Crippen LogP) is 4.27. The summed E-state index contributed by atoms with van der Waals surface area (Å²) in [5, 5.41) is 2.53. The topological polar surface area (TPSA) is 84.3 Å². The monoisotopic (exact) mass is 418 g/mol. The second kappa shape index (κ2) is 10.1. The van der Waals surface area contributed by atoms with Crippen molar-refractivity contribution in [1.29, 1.82) is 0 Å². The highest BCUT2D eigenvalue weighted by Crippen LogP contribution is 2.32. The zero-order valence-electron chi connectivity index (χ0n) is 19.1. The van der Waals surface area contributed by atoms with Gasteiger partial charge in [0.05, 0.1) is 0 Å². The smallest absolute Gasteiger partial charge is 0.248 e. The van der Waals surface area contributed by atoms with Gasteiger partial charge in [-0.1, -0.05) is 24.8 Å². The zero-order valence-corrected chi connectivity index (χ0v) is 19.1. The fraction of sp³-hybridized carbons (Fsp3) is 0.320. The van der Waals surface area contributed by atoms with E-state index in [4.69, 9.17) is 0 Å². The van der Waals surface area contributed by atoms with Gasteiger partial charge in [-0.15, -0.1) is 0 Å². The molecular weight excluding hydrogens is 388 g/mol. The highest BCUT2D eigenvalue weighted by molar-refractivity contribution is 5.97. The lowest BCUT2D eigenvalue weighted by atomic mass is 9.76. The van der Waals surface area contributed by atoms with E-state index < -0.39 is 5.41 Å². The SMILES string of the molecule is C=C(/C=N\C=C(/C)C(=O)NC)CC(=O)C(C)(C)c1ccc(-c2cnc(C)nc2)cc1C. The fourth-order valence-corrected chi connectivity index (χ4v) is 3.22. The number of likely N-dealkylation sites (N-methyl/N-ethyl adjacent to an activating group) is 1. The number of amides is 1. The van der Waals surface area contributed by atoms with Crippen LogP contribution in [0.3, 0.4) is 0 Å². The molecule has 2 rings (SSSR count). The molecule has 0 unspecified atom stereocenters. The Balaban J connectivity index is 2.15. The average Bonchev–Trinajstić information content (AvgIpc) is 2.73. The van der Waals surface area contributed by atoms with Crippen molar-refractivity contribution in [1.82, 2.24) is 15.3 Å². The molecule has 0 fully saturated rings. The maximum absolute atomic E-state index is 13.0. The van der Waals surface area contributed by atoms with E-state index in [0.29, 0.717) is 11.1 Å². The molecule has 0 bridgehead atoms. The van der Waals surface area contributed by atoms with Crippen LogP contribution in [0.25, 0.3) is 11.1 Å². The lowest BCUT2D eigenvalue weighted by molar-refractivity contribution is -0.122. The molecule has 31 heavy (non-hydrogen) atoms. The number of aliphatic imine (C=N–C) groups is 1. The number of ketones is 1. The lowest BCUT2D eigenvalue weighted by Crippen LogP contribution is -2.30. The van der Waals surface area contributed by atoms with Gasteiger partial charge in [0.15, 0.2) is 0 Å². The van der Waals surface area contributed by atoms with Crippen LogP contribution in [0.2, 0.25) is 0 Å². The highest BCUT2D eigenvalue weighted by atomic mass is 16.1. The molecule has 2 aromatic rings. The Morgan fingerprint density at radius 2 is 1.81 bits per heavy atom. The third-order valence-corrected chi connectivity index (χ3v) is 5.21. The van der Waals surface area contributed by atoms with Gasteiger partial charge in [0.2, 0.25) is 5.91 Å². The van der Waals surface area contributed by atoms with Crippen molar-refractivity contribution in [2.75, 3.05) is 7.05 Å². The molecule has 1 heterocycles. The maximum Gasteiger partial charge on any atom is 0.248 e. The normalized spacial score (nSPS) is 12.1. The molecule has 6 heteroatoms. The minimum atomic E-state index is -0.684. The first kappa shape index (κ1) is 23.9. The first-order valence-electron chi connectivity index (χ1n) is 10.1. The summed E-state index contributed by atoms with van der Waals surface area (Å²) in [5.74, 6) is 0.577. The molecule has 0 atom stereocenters. The molecule has 0 aliphatic heterocycles. The summed E-state index contributed by atoms with van der Waals surface area (Å²) < 4.78 is 0. The van der Waals surface area contributed by atoms with E-state index >= 15 is 0 Å². The summed E-state index contributed by atoms with van der Waals surface area (Å²) in [6.45, 7) is 13.3. The predicted molar refractivity (Wildman–Crippen MR) is 125 cm³/mol. The minimum Gasteiger partial charge on any atom is -0.355 e. The van der Waals surface area contributed by atoms with E-state index in [1.807, 2.05) is 39.8 Å². The number of nitrogens with one attached hydrogen (secondary N) is 1. The summed E-state index contributed by atoms with van der Waals surface area (Å²) in [4.78, 5) is 37.1. The summed E-state index contributed by atoms with van der Waals surface area (Å²) in [6, 6.07) is 6.05. The average molecular weight is 419 g/mol. The van der Waals surface area contributed by atoms with Crippen LogP contribution in [0.15, 0.2) is 59.5 Å². The third kappa shape index (κ3) is 6.04. The van der Waals surface area contributed by atoms with Gasteiger partial charge in [-0.3, -0.25) is 14.6 Å². The Morgan fingerprint density at radius 3 is 2.39 bits per heavy atom. The van der Waals surface area contributed by atoms with Crippen molar-refractivity contribution in [2.24, 2.45) is 4.99 Å². The molecule has 162 valence electrons. The van der Waals surface area contributed by atoms with E-state index in [2.05, 4.69) is 32.9 Å². The van der Waals surface area contributed by atoms with E-state index in [0.717, 1.165) is 28.1 Å². The molecule has 0 radical (unpaired) electrons. The van der Waals surface area contributed by atoms with Crippen LogP contribution in [-0.4, -0.2) is 34.9 Å². The van der Waals surface area contributed by atoms with Gasteiger partial charge in [-0.2, -0.15) is 0 Å². The molecule has 0 aliphatic rings. The quantitative estimate of drug-likeness (QED) is 0.512. The summed E-state index contributed by atoms with van der Waals surface area (Å²) in [5.41, 5.74) is 4.33. The molecule has 1 aromatic carbocycles. The van der Waals surface area contributed by atoms with Crippen LogP contribution >= 0.6 is 0 Å². The first-order chi connectivity index (χ1) is 14.6. The third-order valence-electron chi connectivity index (χ3n) is 5.21. The number of rotatable bonds is 8. The van der Waals surface area contributed by atoms with Crippen molar-refractivity contribution in [3.63, 3.8) is 0 Å². The molecule has 0 saturated heterocycles. The molecule has 1 amide bonds. The van der Waals surface area contributed by atoms with E-state index in [1.165, 1.54) is 12.4 Å². The van der Waals surface area contributed by atoms with E-state index in [-0.39, 0.29) is 18.1 Å². The van der Waals surface area contributed by atoms with Gasteiger partial charge in [0.1, 0.15) is 11.6 Å². The lowest BCUT2D eigenvalue weighted by Gasteiger charge is -2.26. The maximum atomic E-state index is 13.0. The Morgan fingerprint density at radius 1 is 1.16 bits per heavy atom. The van der Waals surface area contributed by atoms with Crippen LogP contribution in [-0.2, 0) is 15.0 Å². The largest absolute Gasteiger partial charge is 0.355 e. The van der Waals surface area contributed by atoms with Crippen LogP contribution in [0, 0.1) is 13.8 Å². The number of nitrogens with zero attached hydrogens (tertiary/aromatic N) is 3. The van der Waals surface area contributed by atoms with Gasteiger partial charge < -0.3 is 5.32 Å². The number of hydrogen-bond donors (Lipinski definition) is 1. The second-order valence-corrected chi connectivity index (χ2v) is 8.10. The molecular formula is C25H30N4O2. The van der Waals surface area contributed by atoms with Crippen LogP contribution < -0.4 is 5.32 Å². The minimum absolute atomic E-state index is 0.0467. The van der Waals surface area contributed by atoms with E-state index in [1.54, 1.807) is 26.4 Å². The van der Waals surface area contributed by atoms with Gasteiger partial charge in [0, 0.05) is 54.8 Å². The number of aryl methyl sites for hydroxylation is 2. The van der Waals surface area contributed by atoms with Crippen molar-refractivity contribution in [2.45, 2.75) is 46.5 Å². The molecule has 0 saturated carbocycles. The Bertz CT molecular complexity index is 1050. The van der Waals surface area contributed by atoms with Crippen molar-refractivity contribution >= 4 is 17.9 Å². The molecule has 6 nitrogen and oxygen atoms in total. The number of Topliss-reactive ketones (excluding diaryl/α,β-unsaturated/α-hetero) is 1. The zero-order chi connectivity index (χ0) is 23.2. The van der Waals surface area contributed by atoms with E-state index in [9.17, 15) is 9.59 Å². The molecule has 1 aromatic heterocycles. The standard InChI is InChI=1S/C25H30N4O2/c1-16(12-27-13-18(3)24(31)26-7)10-23(30)25(5,6)22-9-8-20(11-17(22)2)21-14-28-19(4)29-15-21/h8-9,11-15H,1,10H2,2-7H3,(H,26,31)/b18-13+,27-12-. The van der Waals surface area contributed by atoms with Gasteiger partial charge in [-0.25, -0.2) is 9.97 Å².